The number of ether oxygens (including phenoxy) is 1. The van der Waals surface area contributed by atoms with E-state index < -0.39 is 21.7 Å². The Labute approximate surface area is 700 Å². The molecule has 4 saturated carbocycles. The molecular formula is C95H88F2N20O5. The van der Waals surface area contributed by atoms with E-state index in [1.54, 1.807) is 95.1 Å². The number of nitrogens with one attached hydrogen (secondary N) is 4. The number of halogens is 2. The Morgan fingerprint density at radius 3 is 0.975 bits per heavy atom. The summed E-state index contributed by atoms with van der Waals surface area (Å²) in [5.74, 6) is 1.58. The van der Waals surface area contributed by atoms with Crippen LogP contribution in [0, 0.1) is 25.5 Å². The van der Waals surface area contributed by atoms with Gasteiger partial charge in [-0.05, 0) is 218 Å². The van der Waals surface area contributed by atoms with Gasteiger partial charge in [0.05, 0.1) is 50.3 Å². The number of anilines is 8. The standard InChI is InChI=1S/C24H22FN5O.C24H23N5O2.C24H23N5O.C23H20FN5O/c1-14-3-8-19(25)18(13-14)24(10-11-24)23(31)28-16-6-4-15(5-7-16)17-9-12-27-22-20(17)21(26)29-30(22)2;1-29-22-20(21(25)28-29)19(10-13-26-22)15-6-8-17(9-7-15)27-23(30)24(11-12-24)16-4-3-5-18(14-16)31-2;1-15-4-3-5-17(14-15)24(11-12-24)23(30)27-18-8-6-16(7-9-18)19-10-13-26-22-20(19)21(25)28-29(22)2;1-29-21-19(20(25)28-29)16(10-13-26-21)14-6-8-15(9-7-14)27-22(30)23(11-12-23)17-4-2-3-5-18(17)24/h3-9,12-13H,10-11H2,1-2H3,(H2,26,29)(H,28,31);3-10,13-14H,11-12H2,1-2H3,(H2,25,28)(H,27,30);3-10,13-14H,11-12H2,1-2H3,(H2,25,28)(H,27,30);2-10,13H,11-12H2,1H3,(H2,25,28)(H,27,30). The first-order valence-electron chi connectivity index (χ1n) is 40.1. The zero-order chi connectivity index (χ0) is 85.1. The van der Waals surface area contributed by atoms with Crippen molar-refractivity contribution in [1.82, 2.24) is 59.1 Å². The highest BCUT2D eigenvalue weighted by Gasteiger charge is 2.55. The summed E-state index contributed by atoms with van der Waals surface area (Å²) in [5, 5.41) is 32.4. The molecule has 8 aromatic carbocycles. The average molecular weight is 1630 g/mol. The third kappa shape index (κ3) is 15.0. The Kier molecular flexibility index (Phi) is 20.6. The van der Waals surface area contributed by atoms with Gasteiger partial charge in [0.2, 0.25) is 23.6 Å². The number of nitrogen functional groups attached to an aromatic ring is 4. The lowest BCUT2D eigenvalue weighted by atomic mass is 9.93. The normalized spacial score (nSPS) is 14.5. The maximum Gasteiger partial charge on any atom is 0.235 e. The zero-order valence-corrected chi connectivity index (χ0v) is 68.1. The summed E-state index contributed by atoms with van der Waals surface area (Å²) >= 11 is 0. The van der Waals surface area contributed by atoms with Crippen LogP contribution < -0.4 is 48.9 Å². The highest BCUT2D eigenvalue weighted by Crippen LogP contribution is 2.54. The van der Waals surface area contributed by atoms with Gasteiger partial charge in [-0.3, -0.25) is 19.2 Å². The Hall–Kier alpha value is -15.0. The number of nitrogens with zero attached hydrogens (tertiary/aromatic N) is 12. The number of carbonyl (C=O) groups excluding carboxylic acids is 4. The summed E-state index contributed by atoms with van der Waals surface area (Å²) in [7, 11) is 8.90. The van der Waals surface area contributed by atoms with Crippen molar-refractivity contribution < 1.29 is 32.7 Å². The number of rotatable bonds is 17. The smallest absolute Gasteiger partial charge is 0.235 e. The largest absolute Gasteiger partial charge is 0.497 e. The summed E-state index contributed by atoms with van der Waals surface area (Å²) in [4.78, 5) is 69.5. The molecule has 4 fully saturated rings. The van der Waals surface area contributed by atoms with E-state index in [-0.39, 0.29) is 35.3 Å². The number of aryl methyl sites for hydroxylation is 6. The van der Waals surface area contributed by atoms with Gasteiger partial charge in [0.15, 0.2) is 45.9 Å². The van der Waals surface area contributed by atoms with Crippen LogP contribution in [-0.4, -0.2) is 89.8 Å². The van der Waals surface area contributed by atoms with E-state index in [4.69, 9.17) is 27.7 Å². The number of carbonyl (C=O) groups is 4. The van der Waals surface area contributed by atoms with Crippen molar-refractivity contribution in [2.75, 3.05) is 51.3 Å². The molecule has 12 N–H and O–H groups in total. The number of nitrogens with two attached hydrogens (primary N) is 4. The molecule has 16 aromatic rings. The van der Waals surface area contributed by atoms with Crippen LogP contribution >= 0.6 is 0 Å². The van der Waals surface area contributed by atoms with Gasteiger partial charge in [-0.2, -0.15) is 20.4 Å². The summed E-state index contributed by atoms with van der Waals surface area (Å²) < 4.78 is 40.6. The van der Waals surface area contributed by atoms with E-state index in [1.807, 2.05) is 173 Å². The summed E-state index contributed by atoms with van der Waals surface area (Å²) in [6.07, 6.45) is 13.0. The molecule has 4 aliphatic rings. The van der Waals surface area contributed by atoms with Crippen LogP contribution in [0.1, 0.15) is 84.7 Å². The topological polar surface area (TPSA) is 353 Å². The third-order valence-electron chi connectivity index (χ3n) is 23.8. The van der Waals surface area contributed by atoms with Crippen molar-refractivity contribution in [2.45, 2.75) is 86.9 Å². The summed E-state index contributed by atoms with van der Waals surface area (Å²) in [6, 6.07) is 65.7. The molecule has 20 rings (SSSR count). The van der Waals surface area contributed by atoms with E-state index in [1.165, 1.54) is 17.7 Å². The molecule has 122 heavy (non-hydrogen) atoms. The van der Waals surface area contributed by atoms with Crippen LogP contribution in [-0.2, 0) is 69.0 Å². The molecule has 25 nitrogen and oxygen atoms in total. The Bertz CT molecular complexity index is 6780. The minimum absolute atomic E-state index is 0.0105. The van der Waals surface area contributed by atoms with Crippen molar-refractivity contribution in [3.63, 3.8) is 0 Å². The molecule has 0 aliphatic heterocycles. The number of hydrogen-bond acceptors (Lipinski definition) is 17. The molecule has 612 valence electrons. The zero-order valence-electron chi connectivity index (χ0n) is 68.1. The summed E-state index contributed by atoms with van der Waals surface area (Å²) in [5.41, 5.74) is 40.5. The first-order valence-corrected chi connectivity index (χ1v) is 40.1. The lowest BCUT2D eigenvalue weighted by molar-refractivity contribution is -0.119. The Morgan fingerprint density at radius 1 is 0.344 bits per heavy atom. The number of pyridine rings is 4. The van der Waals surface area contributed by atoms with Crippen molar-refractivity contribution in [3.8, 4) is 50.3 Å². The van der Waals surface area contributed by atoms with Crippen LogP contribution in [0.15, 0.2) is 237 Å². The van der Waals surface area contributed by atoms with Gasteiger partial charge in [-0.1, -0.05) is 126 Å². The first-order chi connectivity index (χ1) is 58.9. The van der Waals surface area contributed by atoms with E-state index in [0.717, 1.165) is 137 Å². The third-order valence-corrected chi connectivity index (χ3v) is 23.8. The lowest BCUT2D eigenvalue weighted by Crippen LogP contribution is -2.28. The number of fused-ring (bicyclic) bond motifs is 4. The Balaban J connectivity index is 0.000000116. The molecule has 4 aliphatic carbocycles. The van der Waals surface area contributed by atoms with Gasteiger partial charge in [0.25, 0.3) is 0 Å². The molecule has 0 bridgehead atoms. The molecule has 8 aromatic heterocycles. The summed E-state index contributed by atoms with van der Waals surface area (Å²) in [6.45, 7) is 3.96. The van der Waals surface area contributed by atoms with Gasteiger partial charge in [0.1, 0.15) is 17.4 Å². The number of amides is 4. The highest BCUT2D eigenvalue weighted by molar-refractivity contribution is 6.07. The molecule has 0 saturated heterocycles. The SMILES string of the molecule is COc1cccc(C2(C(=O)Nc3ccc(-c4ccnc5c4c(N)nn5C)cc3)CC2)c1.Cc1ccc(F)c(C2(C(=O)Nc3ccc(-c4ccnc5c4c(N)nn5C)cc3)CC2)c1.Cc1cccc(C2(C(=O)Nc3ccc(-c4ccnc5c4c(N)nn5C)cc3)CC2)c1.Cn1nc(N)c2c(-c3ccc(NC(=O)C4(c5ccccc5F)CC4)cc3)ccnc21. The van der Waals surface area contributed by atoms with Crippen LogP contribution in [0.2, 0.25) is 0 Å². The van der Waals surface area contributed by atoms with E-state index in [2.05, 4.69) is 86.7 Å². The van der Waals surface area contributed by atoms with Crippen molar-refractivity contribution >= 4 is 114 Å². The first kappa shape index (κ1) is 79.4. The lowest BCUT2D eigenvalue weighted by Gasteiger charge is -2.17. The minimum atomic E-state index is -0.782. The van der Waals surface area contributed by atoms with E-state index in [9.17, 15) is 28.0 Å². The molecule has 27 heteroatoms. The van der Waals surface area contributed by atoms with Crippen molar-refractivity contribution in [2.24, 2.45) is 28.2 Å². The maximum atomic E-state index is 14.4. The van der Waals surface area contributed by atoms with Crippen LogP contribution in [0.3, 0.4) is 0 Å². The van der Waals surface area contributed by atoms with Crippen molar-refractivity contribution in [3.05, 3.63) is 282 Å². The highest BCUT2D eigenvalue weighted by atomic mass is 19.1. The fourth-order valence-corrected chi connectivity index (χ4v) is 16.5. The molecule has 8 heterocycles. The van der Waals surface area contributed by atoms with E-state index in [0.29, 0.717) is 82.8 Å². The molecule has 0 radical (unpaired) electrons. The fraction of sp³-hybridized carbons (Fsp3) is 0.200. The number of methoxy groups -OCH3 is 1. The van der Waals surface area contributed by atoms with Crippen molar-refractivity contribution in [1.29, 1.82) is 0 Å². The number of benzene rings is 8. The van der Waals surface area contributed by atoms with Gasteiger partial charge in [-0.25, -0.2) is 47.4 Å². The van der Waals surface area contributed by atoms with Crippen LogP contribution in [0.4, 0.5) is 54.8 Å². The van der Waals surface area contributed by atoms with Gasteiger partial charge in [0, 0.05) is 86.9 Å². The molecule has 4 amide bonds. The molecular weight excluding hydrogens is 1540 g/mol. The van der Waals surface area contributed by atoms with Gasteiger partial charge >= 0.3 is 0 Å². The monoisotopic (exact) mass is 1630 g/mol. The van der Waals surface area contributed by atoms with Gasteiger partial charge in [-0.15, -0.1) is 0 Å². The van der Waals surface area contributed by atoms with Gasteiger partial charge < -0.3 is 48.9 Å². The molecule has 0 spiro atoms. The Morgan fingerprint density at radius 2 is 0.648 bits per heavy atom. The van der Waals surface area contributed by atoms with Crippen LogP contribution in [0.5, 0.6) is 5.75 Å². The number of aromatic nitrogens is 12. The second kappa shape index (κ2) is 31.7. The van der Waals surface area contributed by atoms with Crippen LogP contribution in [0.25, 0.3) is 88.6 Å². The van der Waals surface area contributed by atoms with E-state index >= 15 is 0 Å². The minimum Gasteiger partial charge on any atom is -0.497 e. The predicted molar refractivity (Wildman–Crippen MR) is 473 cm³/mol. The molecule has 0 atom stereocenters. The average Bonchev–Trinajstić information content (AvgIpc) is 1.61. The maximum absolute atomic E-state index is 14.4. The predicted octanol–water partition coefficient (Wildman–Crippen LogP) is 16.5. The molecule has 0 unspecified atom stereocenters. The second-order valence-corrected chi connectivity index (χ2v) is 31.8. The number of hydrogen-bond donors (Lipinski definition) is 8. The quantitative estimate of drug-likeness (QED) is 0.0420. The second-order valence-electron chi connectivity index (χ2n) is 31.8. The fourth-order valence-electron chi connectivity index (χ4n) is 16.5.